The summed E-state index contributed by atoms with van der Waals surface area (Å²) < 4.78 is 10.9. The smallest absolute Gasteiger partial charge is 0.231 e. The molecule has 138 valence electrons. The summed E-state index contributed by atoms with van der Waals surface area (Å²) in [4.78, 5) is 0. The van der Waals surface area contributed by atoms with Gasteiger partial charge >= 0.3 is 0 Å². The molecule has 0 radical (unpaired) electrons. The van der Waals surface area contributed by atoms with E-state index in [-0.39, 0.29) is 12.5 Å². The zero-order chi connectivity index (χ0) is 18.7. The van der Waals surface area contributed by atoms with Crippen LogP contribution < -0.4 is 9.47 Å². The summed E-state index contributed by atoms with van der Waals surface area (Å²) in [6.45, 7) is 0.201. The Bertz CT molecular complexity index is 1200. The van der Waals surface area contributed by atoms with Crippen LogP contribution in [0.2, 0.25) is 0 Å². The van der Waals surface area contributed by atoms with Crippen molar-refractivity contribution in [3.8, 4) is 28.4 Å². The van der Waals surface area contributed by atoms with Gasteiger partial charge in [0.15, 0.2) is 11.5 Å². The highest BCUT2D eigenvalue weighted by Gasteiger charge is 2.23. The van der Waals surface area contributed by atoms with Crippen molar-refractivity contribution >= 4 is 16.3 Å². The first kappa shape index (κ1) is 15.8. The molecule has 0 bridgehead atoms. The van der Waals surface area contributed by atoms with Gasteiger partial charge in [0.2, 0.25) is 6.79 Å². The zero-order valence-corrected chi connectivity index (χ0v) is 15.5. The summed E-state index contributed by atoms with van der Waals surface area (Å²) in [6, 6.07) is 14.4. The average Bonchev–Trinajstić information content (AvgIpc) is 3.19. The number of ether oxygens (including phenoxy) is 2. The third-order valence-electron chi connectivity index (χ3n) is 6.20. The van der Waals surface area contributed by atoms with Crippen molar-refractivity contribution in [2.24, 2.45) is 0 Å². The highest BCUT2D eigenvalue weighted by molar-refractivity contribution is 6.02. The fourth-order valence-corrected chi connectivity index (χ4v) is 4.85. The lowest BCUT2D eigenvalue weighted by Gasteiger charge is -2.26. The van der Waals surface area contributed by atoms with Crippen molar-refractivity contribution in [2.75, 3.05) is 6.79 Å². The van der Waals surface area contributed by atoms with Gasteiger partial charge in [-0.05, 0) is 64.8 Å². The maximum atomic E-state index is 10.6. The number of hydrogen-bond acceptors (Lipinski definition) is 3. The molecular formula is C25H20O3. The Kier molecular flexibility index (Phi) is 3.33. The third-order valence-corrected chi connectivity index (χ3v) is 6.20. The molecule has 0 amide bonds. The minimum atomic E-state index is 0.201. The van der Waals surface area contributed by atoms with Crippen LogP contribution in [0.25, 0.3) is 27.5 Å². The lowest BCUT2D eigenvalue weighted by molar-refractivity contribution is 0.174. The first-order chi connectivity index (χ1) is 13.8. The van der Waals surface area contributed by atoms with Crippen LogP contribution in [0.5, 0.6) is 17.2 Å². The Balaban J connectivity index is 1.58. The summed E-state index contributed by atoms with van der Waals surface area (Å²) in [5.74, 6) is 1.50. The van der Waals surface area contributed by atoms with Crippen molar-refractivity contribution < 1.29 is 14.6 Å². The van der Waals surface area contributed by atoms with E-state index in [1.165, 1.54) is 33.9 Å². The van der Waals surface area contributed by atoms with Crippen LogP contribution in [0.1, 0.15) is 30.4 Å². The van der Waals surface area contributed by atoms with E-state index < -0.39 is 0 Å². The molecule has 3 aromatic rings. The predicted octanol–water partition coefficient (Wildman–Crippen LogP) is 5.99. The van der Waals surface area contributed by atoms with E-state index in [1.807, 2.05) is 6.07 Å². The molecule has 0 spiro atoms. The maximum Gasteiger partial charge on any atom is 0.231 e. The van der Waals surface area contributed by atoms with Crippen LogP contribution >= 0.6 is 0 Å². The van der Waals surface area contributed by atoms with Crippen LogP contribution in [0.4, 0.5) is 0 Å². The van der Waals surface area contributed by atoms with Gasteiger partial charge in [-0.2, -0.15) is 0 Å². The number of fused-ring (bicyclic) bond motifs is 5. The first-order valence-electron chi connectivity index (χ1n) is 9.86. The van der Waals surface area contributed by atoms with Gasteiger partial charge in [-0.15, -0.1) is 0 Å². The molecule has 3 aliphatic rings. The fourth-order valence-electron chi connectivity index (χ4n) is 4.85. The normalized spacial score (nSPS) is 17.0. The second kappa shape index (κ2) is 5.90. The van der Waals surface area contributed by atoms with E-state index in [2.05, 4.69) is 42.5 Å². The van der Waals surface area contributed by atoms with Crippen molar-refractivity contribution in [1.82, 2.24) is 0 Å². The number of benzene rings is 3. The molecule has 2 aliphatic carbocycles. The van der Waals surface area contributed by atoms with Gasteiger partial charge in [0.25, 0.3) is 0 Å². The Hall–Kier alpha value is -3.20. The molecule has 1 heterocycles. The highest BCUT2D eigenvalue weighted by Crippen LogP contribution is 2.46. The van der Waals surface area contributed by atoms with Crippen LogP contribution in [0.15, 0.2) is 60.2 Å². The number of allylic oxidation sites excluding steroid dienone is 4. The van der Waals surface area contributed by atoms with Gasteiger partial charge in [0.1, 0.15) is 5.75 Å². The molecule has 0 saturated carbocycles. The Morgan fingerprint density at radius 1 is 0.786 bits per heavy atom. The van der Waals surface area contributed by atoms with E-state index in [9.17, 15) is 5.11 Å². The molecule has 0 saturated heterocycles. The van der Waals surface area contributed by atoms with E-state index in [0.717, 1.165) is 30.4 Å². The lowest BCUT2D eigenvalue weighted by atomic mass is 9.79. The quantitative estimate of drug-likeness (QED) is 0.573. The Morgan fingerprint density at radius 3 is 2.61 bits per heavy atom. The van der Waals surface area contributed by atoms with Crippen molar-refractivity contribution in [2.45, 2.75) is 25.7 Å². The summed E-state index contributed by atoms with van der Waals surface area (Å²) in [5.41, 5.74) is 7.62. The molecular weight excluding hydrogens is 348 g/mol. The summed E-state index contributed by atoms with van der Waals surface area (Å²) in [5, 5.41) is 13.1. The molecule has 28 heavy (non-hydrogen) atoms. The molecule has 1 aliphatic heterocycles. The molecule has 0 fully saturated rings. The van der Waals surface area contributed by atoms with Crippen LogP contribution in [0, 0.1) is 0 Å². The second-order valence-electron chi connectivity index (χ2n) is 7.67. The Morgan fingerprint density at radius 2 is 1.68 bits per heavy atom. The van der Waals surface area contributed by atoms with Gasteiger partial charge in [-0.3, -0.25) is 0 Å². The number of rotatable bonds is 1. The van der Waals surface area contributed by atoms with Crippen LogP contribution in [0.3, 0.4) is 0 Å². The molecule has 0 atom stereocenters. The zero-order valence-electron chi connectivity index (χ0n) is 15.5. The first-order valence-corrected chi connectivity index (χ1v) is 9.86. The maximum absolute atomic E-state index is 10.6. The van der Waals surface area contributed by atoms with Crippen molar-refractivity contribution in [3.05, 3.63) is 71.3 Å². The molecule has 0 aromatic heterocycles. The molecule has 6 rings (SSSR count). The summed E-state index contributed by atoms with van der Waals surface area (Å²) in [7, 11) is 0. The van der Waals surface area contributed by atoms with E-state index in [1.54, 1.807) is 11.6 Å². The van der Waals surface area contributed by atoms with E-state index in [0.29, 0.717) is 11.5 Å². The highest BCUT2D eigenvalue weighted by atomic mass is 16.7. The van der Waals surface area contributed by atoms with Crippen molar-refractivity contribution in [1.29, 1.82) is 0 Å². The molecule has 0 unspecified atom stereocenters. The fraction of sp³-hybridized carbons (Fsp3) is 0.200. The van der Waals surface area contributed by atoms with Gasteiger partial charge in [-0.25, -0.2) is 0 Å². The average molecular weight is 368 g/mol. The predicted molar refractivity (Wildman–Crippen MR) is 111 cm³/mol. The number of aryl methyl sites for hydroxylation is 1. The Labute approximate surface area is 163 Å². The number of phenols is 1. The minimum Gasteiger partial charge on any atom is -0.507 e. The van der Waals surface area contributed by atoms with E-state index >= 15 is 0 Å². The SMILES string of the molecule is Oc1cc2c(cc1-c1cccc3c4c(ccc13)C1=C(CCC=C1)CC4)OCO2. The van der Waals surface area contributed by atoms with Crippen molar-refractivity contribution in [3.63, 3.8) is 0 Å². The summed E-state index contributed by atoms with van der Waals surface area (Å²) >= 11 is 0. The lowest BCUT2D eigenvalue weighted by Crippen LogP contribution is -2.07. The van der Waals surface area contributed by atoms with Gasteiger partial charge in [-0.1, -0.05) is 48.1 Å². The van der Waals surface area contributed by atoms with Gasteiger partial charge in [0, 0.05) is 11.6 Å². The standard InChI is InChI=1S/C25H20O3/c26-23-13-25-24(27-14-28-25)12-22(23)18-7-3-6-17-20-9-8-15-4-1-2-5-16(15)19(20)10-11-21(17)18/h2-3,5-7,10-13,26H,1,4,8-9,14H2. The second-order valence-corrected chi connectivity index (χ2v) is 7.67. The molecule has 3 heteroatoms. The minimum absolute atomic E-state index is 0.201. The molecule has 3 aromatic carbocycles. The van der Waals surface area contributed by atoms with Crippen LogP contribution in [-0.4, -0.2) is 11.9 Å². The summed E-state index contributed by atoms with van der Waals surface area (Å²) in [6.07, 6.45) is 9.17. The van der Waals surface area contributed by atoms with E-state index in [4.69, 9.17) is 9.47 Å². The topological polar surface area (TPSA) is 38.7 Å². The number of hydrogen-bond donors (Lipinski definition) is 1. The molecule has 1 N–H and O–H groups in total. The monoisotopic (exact) mass is 368 g/mol. The van der Waals surface area contributed by atoms with Gasteiger partial charge in [0.05, 0.1) is 0 Å². The number of aromatic hydroxyl groups is 1. The van der Waals surface area contributed by atoms with Crippen LogP contribution in [-0.2, 0) is 6.42 Å². The molecule has 3 nitrogen and oxygen atoms in total. The third kappa shape index (κ3) is 2.22. The van der Waals surface area contributed by atoms with Gasteiger partial charge < -0.3 is 14.6 Å². The largest absolute Gasteiger partial charge is 0.507 e. The number of phenolic OH excluding ortho intramolecular Hbond substituents is 1.